The predicted octanol–water partition coefficient (Wildman–Crippen LogP) is 7.70. The SMILES string of the molecule is c1ccc(-n2c3cccc4sc5ccnc(c6ccc7ccccc7c62)c5c43)cc1. The van der Waals surface area contributed by atoms with Gasteiger partial charge in [0.05, 0.1) is 16.6 Å². The Balaban J connectivity index is 1.94. The number of thiophene rings is 1. The molecular weight excluding hydrogens is 384 g/mol. The van der Waals surface area contributed by atoms with Crippen molar-refractivity contribution in [3.8, 4) is 5.69 Å². The molecule has 140 valence electrons. The molecule has 0 bridgehead atoms. The quantitative estimate of drug-likeness (QED) is 0.276. The highest BCUT2D eigenvalue weighted by Crippen LogP contribution is 2.43. The lowest BCUT2D eigenvalue weighted by molar-refractivity contribution is 1.18. The highest BCUT2D eigenvalue weighted by Gasteiger charge is 2.18. The van der Waals surface area contributed by atoms with Crippen molar-refractivity contribution < 1.29 is 0 Å². The van der Waals surface area contributed by atoms with Gasteiger partial charge in [-0.15, -0.1) is 11.3 Å². The number of hydrogen-bond donors (Lipinski definition) is 0. The monoisotopic (exact) mass is 400 g/mol. The van der Waals surface area contributed by atoms with E-state index in [1.54, 1.807) is 0 Å². The van der Waals surface area contributed by atoms with Crippen LogP contribution in [-0.2, 0) is 0 Å². The Kier molecular flexibility index (Phi) is 3.18. The molecule has 30 heavy (non-hydrogen) atoms. The Morgan fingerprint density at radius 1 is 0.633 bits per heavy atom. The molecule has 0 aliphatic rings. The Hall–Kier alpha value is -3.69. The van der Waals surface area contributed by atoms with Crippen molar-refractivity contribution in [1.82, 2.24) is 9.55 Å². The Labute approximate surface area is 176 Å². The summed E-state index contributed by atoms with van der Waals surface area (Å²) in [4.78, 5) is 4.91. The molecule has 0 radical (unpaired) electrons. The summed E-state index contributed by atoms with van der Waals surface area (Å²) in [6.45, 7) is 0. The van der Waals surface area contributed by atoms with Gasteiger partial charge in [0.15, 0.2) is 0 Å². The second-order valence-electron chi connectivity index (χ2n) is 7.64. The lowest BCUT2D eigenvalue weighted by atomic mass is 10.0. The van der Waals surface area contributed by atoms with Crippen molar-refractivity contribution in [1.29, 1.82) is 0 Å². The lowest BCUT2D eigenvalue weighted by Gasteiger charge is -2.14. The first kappa shape index (κ1) is 16.1. The van der Waals surface area contributed by atoms with Crippen LogP contribution in [0.2, 0.25) is 0 Å². The van der Waals surface area contributed by atoms with Gasteiger partial charge in [0.2, 0.25) is 0 Å². The van der Waals surface area contributed by atoms with E-state index in [2.05, 4.69) is 95.6 Å². The van der Waals surface area contributed by atoms with Crippen LogP contribution >= 0.6 is 11.3 Å². The maximum Gasteiger partial charge on any atom is 0.0817 e. The fraction of sp³-hybridized carbons (Fsp3) is 0. The standard InChI is InChI=1S/C27H16N2S/c1-2-8-18(9-3-1)29-21-11-6-12-22-24(21)25-23(30-22)15-16-28-26(25)20-14-13-17-7-4-5-10-19(17)27(20)29/h1-16H. The number of nitrogens with zero attached hydrogens (tertiary/aromatic N) is 2. The zero-order chi connectivity index (χ0) is 19.7. The first-order chi connectivity index (χ1) is 14.9. The summed E-state index contributed by atoms with van der Waals surface area (Å²) >= 11 is 1.85. The molecule has 4 aromatic carbocycles. The number of hydrogen-bond acceptors (Lipinski definition) is 2. The smallest absolute Gasteiger partial charge is 0.0817 e. The Bertz CT molecular complexity index is 1740. The Morgan fingerprint density at radius 2 is 1.47 bits per heavy atom. The van der Waals surface area contributed by atoms with Crippen LogP contribution in [0.25, 0.3) is 58.6 Å². The van der Waals surface area contributed by atoms with Crippen molar-refractivity contribution >= 4 is 64.2 Å². The molecule has 7 rings (SSSR count). The molecule has 3 aromatic heterocycles. The van der Waals surface area contributed by atoms with E-state index in [0.717, 1.165) is 11.2 Å². The van der Waals surface area contributed by atoms with Crippen LogP contribution in [0.15, 0.2) is 97.2 Å². The molecule has 7 aromatic rings. The van der Waals surface area contributed by atoms with Gasteiger partial charge in [-0.05, 0) is 35.7 Å². The fourth-order valence-electron chi connectivity index (χ4n) is 4.79. The second-order valence-corrected chi connectivity index (χ2v) is 8.72. The number of pyridine rings is 1. The Morgan fingerprint density at radius 3 is 2.40 bits per heavy atom. The predicted molar refractivity (Wildman–Crippen MR) is 129 cm³/mol. The third kappa shape index (κ3) is 2.05. The molecular formula is C27H16N2S. The van der Waals surface area contributed by atoms with Gasteiger partial charge in [-0.3, -0.25) is 4.98 Å². The van der Waals surface area contributed by atoms with E-state index in [9.17, 15) is 0 Å². The van der Waals surface area contributed by atoms with Crippen LogP contribution in [-0.4, -0.2) is 9.55 Å². The van der Waals surface area contributed by atoms with Crippen LogP contribution in [0.4, 0.5) is 0 Å². The zero-order valence-corrected chi connectivity index (χ0v) is 16.9. The topological polar surface area (TPSA) is 17.8 Å². The van der Waals surface area contributed by atoms with Gasteiger partial charge in [0, 0.05) is 42.8 Å². The van der Waals surface area contributed by atoms with E-state index in [1.807, 2.05) is 17.5 Å². The second kappa shape index (κ2) is 5.91. The number of fused-ring (bicyclic) bond motifs is 4. The summed E-state index contributed by atoms with van der Waals surface area (Å²) in [6, 6.07) is 32.6. The normalized spacial score (nSPS) is 12.0. The summed E-state index contributed by atoms with van der Waals surface area (Å²) < 4.78 is 5.01. The summed E-state index contributed by atoms with van der Waals surface area (Å²) in [7, 11) is 0. The van der Waals surface area contributed by atoms with E-state index in [1.165, 1.54) is 47.4 Å². The van der Waals surface area contributed by atoms with Gasteiger partial charge in [-0.1, -0.05) is 60.7 Å². The first-order valence-electron chi connectivity index (χ1n) is 10.1. The van der Waals surface area contributed by atoms with Crippen LogP contribution in [0.3, 0.4) is 0 Å². The van der Waals surface area contributed by atoms with Gasteiger partial charge < -0.3 is 4.57 Å². The van der Waals surface area contributed by atoms with E-state index in [0.29, 0.717) is 0 Å². The largest absolute Gasteiger partial charge is 0.309 e. The number of benzene rings is 4. The molecule has 0 N–H and O–H groups in total. The number of para-hydroxylation sites is 1. The molecule has 0 saturated heterocycles. The summed E-state index contributed by atoms with van der Waals surface area (Å²) in [5.41, 5.74) is 4.66. The highest BCUT2D eigenvalue weighted by molar-refractivity contribution is 7.26. The van der Waals surface area contributed by atoms with Crippen molar-refractivity contribution in [3.05, 3.63) is 97.2 Å². The minimum atomic E-state index is 1.07. The summed E-state index contributed by atoms with van der Waals surface area (Å²) in [6.07, 6.45) is 1.95. The van der Waals surface area contributed by atoms with Gasteiger partial charge in [-0.2, -0.15) is 0 Å². The van der Waals surface area contributed by atoms with E-state index < -0.39 is 0 Å². The first-order valence-corrected chi connectivity index (χ1v) is 10.9. The van der Waals surface area contributed by atoms with E-state index in [-0.39, 0.29) is 0 Å². The molecule has 2 nitrogen and oxygen atoms in total. The van der Waals surface area contributed by atoms with Gasteiger partial charge in [0.25, 0.3) is 0 Å². The fourth-order valence-corrected chi connectivity index (χ4v) is 5.91. The maximum absolute atomic E-state index is 4.91. The molecule has 0 fully saturated rings. The van der Waals surface area contributed by atoms with Crippen LogP contribution in [0.1, 0.15) is 0 Å². The van der Waals surface area contributed by atoms with Crippen molar-refractivity contribution in [3.63, 3.8) is 0 Å². The van der Waals surface area contributed by atoms with E-state index >= 15 is 0 Å². The molecule has 3 heterocycles. The summed E-state index contributed by atoms with van der Waals surface area (Å²) in [5, 5.41) is 6.22. The van der Waals surface area contributed by atoms with Crippen molar-refractivity contribution in [2.45, 2.75) is 0 Å². The van der Waals surface area contributed by atoms with Crippen molar-refractivity contribution in [2.75, 3.05) is 0 Å². The molecule has 0 unspecified atom stereocenters. The highest BCUT2D eigenvalue weighted by atomic mass is 32.1. The van der Waals surface area contributed by atoms with Gasteiger partial charge in [0.1, 0.15) is 0 Å². The van der Waals surface area contributed by atoms with Crippen LogP contribution < -0.4 is 0 Å². The molecule has 0 aliphatic carbocycles. The third-order valence-corrected chi connectivity index (χ3v) is 7.14. The summed E-state index contributed by atoms with van der Waals surface area (Å²) in [5.74, 6) is 0. The molecule has 0 saturated carbocycles. The third-order valence-electron chi connectivity index (χ3n) is 6.02. The molecule has 0 aliphatic heterocycles. The van der Waals surface area contributed by atoms with Crippen molar-refractivity contribution in [2.24, 2.45) is 0 Å². The maximum atomic E-state index is 4.91. The molecule has 0 atom stereocenters. The van der Waals surface area contributed by atoms with Crippen LogP contribution in [0, 0.1) is 0 Å². The zero-order valence-electron chi connectivity index (χ0n) is 16.0. The van der Waals surface area contributed by atoms with Gasteiger partial charge >= 0.3 is 0 Å². The number of aromatic nitrogens is 2. The average molecular weight is 401 g/mol. The molecule has 3 heteroatoms. The van der Waals surface area contributed by atoms with E-state index in [4.69, 9.17) is 4.98 Å². The number of rotatable bonds is 1. The van der Waals surface area contributed by atoms with Crippen LogP contribution in [0.5, 0.6) is 0 Å². The molecule has 0 amide bonds. The minimum Gasteiger partial charge on any atom is -0.309 e. The lowest BCUT2D eigenvalue weighted by Crippen LogP contribution is -1.97. The molecule has 0 spiro atoms. The minimum absolute atomic E-state index is 1.07. The van der Waals surface area contributed by atoms with Gasteiger partial charge in [-0.25, -0.2) is 0 Å². The average Bonchev–Trinajstić information content (AvgIpc) is 3.13.